The molecule has 39 heavy (non-hydrogen) atoms. The first kappa shape index (κ1) is 25.7. The quantitative estimate of drug-likeness (QED) is 0.150. The van der Waals surface area contributed by atoms with Crippen LogP contribution < -0.4 is 10.2 Å². The van der Waals surface area contributed by atoms with Crippen LogP contribution in [0.4, 0.5) is 11.4 Å². The van der Waals surface area contributed by atoms with E-state index in [4.69, 9.17) is 4.42 Å². The molecule has 1 aliphatic rings. The van der Waals surface area contributed by atoms with Gasteiger partial charge in [0.1, 0.15) is 17.1 Å². The Morgan fingerprint density at radius 3 is 2.05 bits per heavy atom. The molecule has 1 aromatic heterocycles. The van der Waals surface area contributed by atoms with Crippen LogP contribution in [0.25, 0.3) is 17.4 Å². The predicted octanol–water partition coefficient (Wildman–Crippen LogP) is 5.52. The van der Waals surface area contributed by atoms with Crippen molar-refractivity contribution in [3.8, 4) is 11.3 Å². The molecule has 4 aromatic rings. The van der Waals surface area contributed by atoms with Crippen molar-refractivity contribution >= 4 is 35.0 Å². The van der Waals surface area contributed by atoms with Gasteiger partial charge in [-0.2, -0.15) is 0 Å². The maximum atomic E-state index is 13.7. The largest absolute Gasteiger partial charge is 0.457 e. The zero-order valence-electron chi connectivity index (χ0n) is 21.7. The van der Waals surface area contributed by atoms with E-state index in [1.54, 1.807) is 30.0 Å². The molecule has 3 aromatic carbocycles. The van der Waals surface area contributed by atoms with E-state index >= 15 is 0 Å². The molecule has 0 bridgehead atoms. The number of nitrogens with zero attached hydrogens (tertiary/aromatic N) is 2. The predicted molar refractivity (Wildman–Crippen MR) is 152 cm³/mol. The zero-order chi connectivity index (χ0) is 27.2. The number of rotatable bonds is 7. The van der Waals surface area contributed by atoms with E-state index in [-0.39, 0.29) is 17.3 Å². The SMILES string of the molecule is CC(=O)c1ccc(N2CCN(C(=O)C(=Cc3ccc(-c4ccccc4)o3)C(=O)Nc3ccccc3)CC2)cc1. The van der Waals surface area contributed by atoms with Crippen molar-refractivity contribution in [2.24, 2.45) is 0 Å². The number of Topliss-reactive ketones (excluding diaryl/α,β-unsaturated/α-hetero) is 1. The van der Waals surface area contributed by atoms with Crippen molar-refractivity contribution in [1.29, 1.82) is 0 Å². The van der Waals surface area contributed by atoms with Gasteiger partial charge in [-0.3, -0.25) is 14.4 Å². The van der Waals surface area contributed by atoms with Gasteiger partial charge in [0.2, 0.25) is 0 Å². The summed E-state index contributed by atoms with van der Waals surface area (Å²) in [6.45, 7) is 3.67. The maximum Gasteiger partial charge on any atom is 0.261 e. The summed E-state index contributed by atoms with van der Waals surface area (Å²) in [5, 5.41) is 2.84. The van der Waals surface area contributed by atoms with E-state index in [0.29, 0.717) is 49.0 Å². The number of furan rings is 1. The lowest BCUT2D eigenvalue weighted by Crippen LogP contribution is -2.50. The van der Waals surface area contributed by atoms with Crippen LogP contribution in [-0.2, 0) is 9.59 Å². The van der Waals surface area contributed by atoms with E-state index in [9.17, 15) is 14.4 Å². The first-order chi connectivity index (χ1) is 19.0. The van der Waals surface area contributed by atoms with Crippen LogP contribution in [0.3, 0.4) is 0 Å². The lowest BCUT2D eigenvalue weighted by molar-refractivity contribution is -0.129. The number of benzene rings is 3. The second kappa shape index (κ2) is 11.6. The minimum absolute atomic E-state index is 0.00655. The summed E-state index contributed by atoms with van der Waals surface area (Å²) >= 11 is 0. The Kier molecular flexibility index (Phi) is 7.68. The van der Waals surface area contributed by atoms with Crippen LogP contribution in [0, 0.1) is 0 Å². The van der Waals surface area contributed by atoms with E-state index in [1.807, 2.05) is 78.9 Å². The maximum absolute atomic E-state index is 13.7. The van der Waals surface area contributed by atoms with Gasteiger partial charge in [0.05, 0.1) is 0 Å². The third kappa shape index (κ3) is 6.15. The molecule has 0 radical (unpaired) electrons. The molecule has 7 nitrogen and oxygen atoms in total. The number of hydrogen-bond donors (Lipinski definition) is 1. The smallest absolute Gasteiger partial charge is 0.261 e. The van der Waals surface area contributed by atoms with Crippen molar-refractivity contribution in [2.45, 2.75) is 6.92 Å². The average molecular weight is 520 g/mol. The fourth-order valence-corrected chi connectivity index (χ4v) is 4.52. The fraction of sp³-hybridized carbons (Fsp3) is 0.156. The molecule has 0 spiro atoms. The Labute approximate surface area is 227 Å². The van der Waals surface area contributed by atoms with Gasteiger partial charge in [-0.1, -0.05) is 48.5 Å². The number of piperazine rings is 1. The van der Waals surface area contributed by atoms with Gasteiger partial charge < -0.3 is 19.5 Å². The number of para-hydroxylation sites is 1. The summed E-state index contributed by atoms with van der Waals surface area (Å²) < 4.78 is 5.98. The third-order valence-electron chi connectivity index (χ3n) is 6.68. The average Bonchev–Trinajstić information content (AvgIpc) is 3.45. The number of amides is 2. The van der Waals surface area contributed by atoms with Gasteiger partial charge in [0.25, 0.3) is 11.8 Å². The Bertz CT molecular complexity index is 1480. The number of carbonyl (C=O) groups excluding carboxylic acids is 3. The molecule has 0 aliphatic carbocycles. The van der Waals surface area contributed by atoms with Crippen LogP contribution in [0.15, 0.2) is 107 Å². The van der Waals surface area contributed by atoms with Gasteiger partial charge >= 0.3 is 0 Å². The second-order valence-electron chi connectivity index (χ2n) is 9.33. The highest BCUT2D eigenvalue weighted by molar-refractivity contribution is 6.25. The Morgan fingerprint density at radius 1 is 0.769 bits per heavy atom. The summed E-state index contributed by atoms with van der Waals surface area (Å²) in [5.74, 6) is 0.252. The molecule has 1 fully saturated rings. The monoisotopic (exact) mass is 519 g/mol. The molecular formula is C32H29N3O4. The Hall–Kier alpha value is -4.91. The van der Waals surface area contributed by atoms with E-state index in [2.05, 4.69) is 10.2 Å². The molecule has 1 N–H and O–H groups in total. The topological polar surface area (TPSA) is 82.9 Å². The van der Waals surface area contributed by atoms with Gasteiger partial charge in [0.15, 0.2) is 5.78 Å². The number of carbonyl (C=O) groups is 3. The molecule has 1 aliphatic heterocycles. The van der Waals surface area contributed by atoms with Crippen LogP contribution >= 0.6 is 0 Å². The number of ketones is 1. The lowest BCUT2D eigenvalue weighted by Gasteiger charge is -2.36. The Balaban J connectivity index is 1.35. The molecule has 0 atom stereocenters. The van der Waals surface area contributed by atoms with Gasteiger partial charge in [-0.15, -0.1) is 0 Å². The highest BCUT2D eigenvalue weighted by Crippen LogP contribution is 2.24. The molecule has 2 amide bonds. The molecular weight excluding hydrogens is 490 g/mol. The Morgan fingerprint density at radius 2 is 1.41 bits per heavy atom. The highest BCUT2D eigenvalue weighted by atomic mass is 16.3. The standard InChI is InChI=1S/C32H29N3O4/c1-23(36)24-12-14-27(15-13-24)34-18-20-35(21-19-34)32(38)29(31(37)33-26-10-6-3-7-11-26)22-28-16-17-30(39-28)25-8-4-2-5-9-25/h2-17,22H,18-21H2,1H3,(H,33,37). The fourth-order valence-electron chi connectivity index (χ4n) is 4.52. The van der Waals surface area contributed by atoms with Crippen molar-refractivity contribution in [3.05, 3.63) is 114 Å². The minimum Gasteiger partial charge on any atom is -0.457 e. The van der Waals surface area contributed by atoms with Crippen LogP contribution in [0.5, 0.6) is 0 Å². The number of hydrogen-bond acceptors (Lipinski definition) is 5. The van der Waals surface area contributed by atoms with Gasteiger partial charge in [-0.25, -0.2) is 0 Å². The first-order valence-corrected chi connectivity index (χ1v) is 12.9. The molecule has 1 saturated heterocycles. The second-order valence-corrected chi connectivity index (χ2v) is 9.33. The summed E-state index contributed by atoms with van der Waals surface area (Å²) in [4.78, 5) is 42.5. The zero-order valence-corrected chi connectivity index (χ0v) is 21.7. The molecule has 5 rings (SSSR count). The van der Waals surface area contributed by atoms with E-state index < -0.39 is 5.91 Å². The van der Waals surface area contributed by atoms with Gasteiger partial charge in [-0.05, 0) is 61.5 Å². The molecule has 196 valence electrons. The summed E-state index contributed by atoms with van der Waals surface area (Å²) in [5.41, 5.74) is 3.18. The minimum atomic E-state index is -0.494. The first-order valence-electron chi connectivity index (χ1n) is 12.9. The van der Waals surface area contributed by atoms with Crippen LogP contribution in [0.1, 0.15) is 23.0 Å². The van der Waals surface area contributed by atoms with E-state index in [1.165, 1.54) is 6.08 Å². The summed E-state index contributed by atoms with van der Waals surface area (Å²) in [7, 11) is 0. The summed E-state index contributed by atoms with van der Waals surface area (Å²) in [6.07, 6.45) is 1.51. The molecule has 0 saturated carbocycles. The third-order valence-corrected chi connectivity index (χ3v) is 6.68. The van der Waals surface area contributed by atoms with Crippen molar-refractivity contribution in [2.75, 3.05) is 36.4 Å². The number of nitrogens with one attached hydrogen (secondary N) is 1. The van der Waals surface area contributed by atoms with Crippen LogP contribution in [-0.4, -0.2) is 48.7 Å². The molecule has 2 heterocycles. The normalized spacial score (nSPS) is 13.7. The molecule has 0 unspecified atom stereocenters. The van der Waals surface area contributed by atoms with Crippen molar-refractivity contribution in [1.82, 2.24) is 4.90 Å². The summed E-state index contributed by atoms with van der Waals surface area (Å²) in [6, 6.07) is 29.8. The van der Waals surface area contributed by atoms with Crippen LogP contribution in [0.2, 0.25) is 0 Å². The highest BCUT2D eigenvalue weighted by Gasteiger charge is 2.28. The van der Waals surface area contributed by atoms with Crippen molar-refractivity contribution < 1.29 is 18.8 Å². The van der Waals surface area contributed by atoms with E-state index in [0.717, 1.165) is 11.3 Å². The molecule has 7 heteroatoms. The lowest BCUT2D eigenvalue weighted by atomic mass is 10.1. The number of anilines is 2. The van der Waals surface area contributed by atoms with Gasteiger partial charge in [0, 0.05) is 48.7 Å². The van der Waals surface area contributed by atoms with Crippen molar-refractivity contribution in [3.63, 3.8) is 0 Å².